The number of pyridine rings is 1. The number of nitrogens with zero attached hydrogens (tertiary/aromatic N) is 5. The number of hydrogen-bond acceptors (Lipinski definition) is 5. The van der Waals surface area contributed by atoms with E-state index in [-0.39, 0.29) is 17.9 Å². The van der Waals surface area contributed by atoms with E-state index in [1.54, 1.807) is 6.20 Å². The second kappa shape index (κ2) is 9.70. The Kier molecular flexibility index (Phi) is 6.74. The van der Waals surface area contributed by atoms with Gasteiger partial charge in [0.1, 0.15) is 0 Å². The lowest BCUT2D eigenvalue weighted by molar-refractivity contribution is -0.117. The third kappa shape index (κ3) is 4.90. The van der Waals surface area contributed by atoms with Crippen molar-refractivity contribution >= 4 is 28.5 Å². The fourth-order valence-electron chi connectivity index (χ4n) is 4.28. The number of piperazine rings is 1. The summed E-state index contributed by atoms with van der Waals surface area (Å²) < 4.78 is 1.87. The average Bonchev–Trinajstić information content (AvgIpc) is 3.22. The Bertz CT molecular complexity index is 1160. The van der Waals surface area contributed by atoms with Crippen LogP contribution in [0.2, 0.25) is 0 Å². The number of rotatable bonds is 6. The van der Waals surface area contributed by atoms with Crippen molar-refractivity contribution in [2.75, 3.05) is 38.0 Å². The molecule has 0 aliphatic carbocycles. The topological polar surface area (TPSA) is 83.4 Å². The quantitative estimate of drug-likeness (QED) is 0.626. The zero-order chi connectivity index (χ0) is 23.5. The van der Waals surface area contributed by atoms with Gasteiger partial charge in [-0.3, -0.25) is 14.5 Å². The molecule has 1 aromatic carbocycles. The number of anilines is 1. The van der Waals surface area contributed by atoms with Crippen LogP contribution in [0.1, 0.15) is 48.4 Å². The van der Waals surface area contributed by atoms with E-state index in [1.807, 2.05) is 46.8 Å². The summed E-state index contributed by atoms with van der Waals surface area (Å²) in [5, 5.41) is 8.31. The molecule has 0 atom stereocenters. The normalized spacial score (nSPS) is 14.8. The Labute approximate surface area is 194 Å². The van der Waals surface area contributed by atoms with Gasteiger partial charge in [-0.05, 0) is 44.9 Å². The van der Waals surface area contributed by atoms with Gasteiger partial charge in [-0.25, -0.2) is 9.67 Å². The molecule has 0 saturated carbocycles. The van der Waals surface area contributed by atoms with Crippen LogP contribution in [0.25, 0.3) is 11.0 Å². The molecule has 0 bridgehead atoms. The summed E-state index contributed by atoms with van der Waals surface area (Å²) in [6.45, 7) is 10.9. The van der Waals surface area contributed by atoms with E-state index in [2.05, 4.69) is 41.1 Å². The van der Waals surface area contributed by atoms with Gasteiger partial charge in [0.25, 0.3) is 5.91 Å². The fraction of sp³-hybridized carbons (Fsp3) is 0.440. The Morgan fingerprint density at radius 3 is 2.55 bits per heavy atom. The van der Waals surface area contributed by atoms with Crippen LogP contribution in [-0.4, -0.2) is 69.1 Å². The highest BCUT2D eigenvalue weighted by molar-refractivity contribution is 5.98. The smallest absolute Gasteiger partial charge is 0.255 e. The molecule has 3 heterocycles. The highest BCUT2D eigenvalue weighted by Crippen LogP contribution is 2.21. The van der Waals surface area contributed by atoms with Crippen molar-refractivity contribution < 1.29 is 9.59 Å². The van der Waals surface area contributed by atoms with Crippen LogP contribution in [0.5, 0.6) is 0 Å². The molecule has 0 unspecified atom stereocenters. The number of aryl methyl sites for hydroxylation is 2. The van der Waals surface area contributed by atoms with Gasteiger partial charge in [-0.1, -0.05) is 25.1 Å². The average molecular weight is 449 g/mol. The molecule has 0 spiro atoms. The van der Waals surface area contributed by atoms with Gasteiger partial charge in [0, 0.05) is 43.3 Å². The minimum absolute atomic E-state index is 0.0137. The first-order chi connectivity index (χ1) is 15.9. The van der Waals surface area contributed by atoms with E-state index in [9.17, 15) is 9.59 Å². The maximum absolute atomic E-state index is 13.2. The zero-order valence-electron chi connectivity index (χ0n) is 19.8. The minimum atomic E-state index is -0.0247. The molecule has 0 radical (unpaired) electrons. The summed E-state index contributed by atoms with van der Waals surface area (Å²) >= 11 is 0. The monoisotopic (exact) mass is 448 g/mol. The number of carbonyl (C=O) groups excluding carboxylic acids is 2. The number of nitrogens with one attached hydrogen (secondary N) is 1. The second-order valence-electron chi connectivity index (χ2n) is 8.84. The van der Waals surface area contributed by atoms with Crippen LogP contribution < -0.4 is 5.32 Å². The Morgan fingerprint density at radius 1 is 1.12 bits per heavy atom. The SMILES string of the molecule is CCc1ccccc1NC(=O)CN1CCN(C(=O)c2cc3cnn(C(C)C)c3nc2C)CC1. The van der Waals surface area contributed by atoms with Crippen LogP contribution in [-0.2, 0) is 11.2 Å². The number of para-hydroxylation sites is 1. The van der Waals surface area contributed by atoms with Gasteiger partial charge < -0.3 is 10.2 Å². The predicted octanol–water partition coefficient (Wildman–Crippen LogP) is 3.28. The third-order valence-electron chi connectivity index (χ3n) is 6.18. The van der Waals surface area contributed by atoms with Crippen molar-refractivity contribution in [2.45, 2.75) is 40.2 Å². The molecule has 1 aliphatic rings. The number of amides is 2. The molecule has 3 aromatic rings. The van der Waals surface area contributed by atoms with Gasteiger partial charge in [-0.15, -0.1) is 0 Å². The standard InChI is InChI=1S/C25H32N6O2/c1-5-19-8-6-7-9-22(19)28-23(32)16-29-10-12-30(13-11-29)25(33)21-14-20-15-26-31(17(2)3)24(20)27-18(21)4/h6-9,14-15,17H,5,10-13,16H2,1-4H3,(H,28,32). The fourth-order valence-corrected chi connectivity index (χ4v) is 4.28. The highest BCUT2D eigenvalue weighted by atomic mass is 16.2. The second-order valence-corrected chi connectivity index (χ2v) is 8.84. The van der Waals surface area contributed by atoms with E-state index < -0.39 is 0 Å². The third-order valence-corrected chi connectivity index (χ3v) is 6.18. The molecule has 2 aromatic heterocycles. The summed E-state index contributed by atoms with van der Waals surface area (Å²) in [6.07, 6.45) is 2.64. The highest BCUT2D eigenvalue weighted by Gasteiger charge is 2.25. The lowest BCUT2D eigenvalue weighted by Crippen LogP contribution is -2.50. The molecule has 8 heteroatoms. The van der Waals surface area contributed by atoms with Crippen LogP contribution >= 0.6 is 0 Å². The lowest BCUT2D eigenvalue weighted by Gasteiger charge is -2.34. The summed E-state index contributed by atoms with van der Waals surface area (Å²) in [7, 11) is 0. The zero-order valence-corrected chi connectivity index (χ0v) is 19.8. The van der Waals surface area contributed by atoms with Crippen molar-refractivity contribution in [1.29, 1.82) is 0 Å². The number of benzene rings is 1. The minimum Gasteiger partial charge on any atom is -0.336 e. The summed E-state index contributed by atoms with van der Waals surface area (Å²) in [4.78, 5) is 34.4. The molecular weight excluding hydrogens is 416 g/mol. The van der Waals surface area contributed by atoms with Gasteiger partial charge in [-0.2, -0.15) is 5.10 Å². The van der Waals surface area contributed by atoms with Crippen LogP contribution in [0.3, 0.4) is 0 Å². The van der Waals surface area contributed by atoms with E-state index in [0.29, 0.717) is 44.0 Å². The Morgan fingerprint density at radius 2 is 1.85 bits per heavy atom. The van der Waals surface area contributed by atoms with Crippen molar-refractivity contribution in [3.8, 4) is 0 Å². The molecule has 33 heavy (non-hydrogen) atoms. The largest absolute Gasteiger partial charge is 0.336 e. The number of hydrogen-bond donors (Lipinski definition) is 1. The van der Waals surface area contributed by atoms with Crippen LogP contribution in [0.15, 0.2) is 36.5 Å². The van der Waals surface area contributed by atoms with Gasteiger partial charge in [0.15, 0.2) is 5.65 Å². The van der Waals surface area contributed by atoms with E-state index in [4.69, 9.17) is 0 Å². The van der Waals surface area contributed by atoms with Gasteiger partial charge >= 0.3 is 0 Å². The Hall–Kier alpha value is -3.26. The molecule has 1 N–H and O–H groups in total. The van der Waals surface area contributed by atoms with E-state index >= 15 is 0 Å². The summed E-state index contributed by atoms with van der Waals surface area (Å²) in [5.74, 6) is -0.0384. The maximum atomic E-state index is 13.2. The molecule has 8 nitrogen and oxygen atoms in total. The maximum Gasteiger partial charge on any atom is 0.255 e. The molecule has 174 valence electrons. The molecule has 1 fully saturated rings. The summed E-state index contributed by atoms with van der Waals surface area (Å²) in [5.41, 5.74) is 4.14. The number of fused-ring (bicyclic) bond motifs is 1. The first-order valence-corrected chi connectivity index (χ1v) is 11.6. The molecular formula is C25H32N6O2. The van der Waals surface area contributed by atoms with Crippen molar-refractivity contribution in [2.24, 2.45) is 0 Å². The molecule has 4 rings (SSSR count). The van der Waals surface area contributed by atoms with E-state index in [0.717, 1.165) is 28.7 Å². The van der Waals surface area contributed by atoms with Crippen molar-refractivity contribution in [1.82, 2.24) is 24.6 Å². The lowest BCUT2D eigenvalue weighted by atomic mass is 10.1. The molecule has 1 aliphatic heterocycles. The van der Waals surface area contributed by atoms with Gasteiger partial charge in [0.2, 0.25) is 5.91 Å². The first kappa shape index (κ1) is 22.9. The van der Waals surface area contributed by atoms with Crippen LogP contribution in [0.4, 0.5) is 5.69 Å². The van der Waals surface area contributed by atoms with E-state index in [1.165, 1.54) is 0 Å². The molecule has 1 saturated heterocycles. The summed E-state index contributed by atoms with van der Waals surface area (Å²) in [6, 6.07) is 9.98. The van der Waals surface area contributed by atoms with Crippen LogP contribution in [0, 0.1) is 6.92 Å². The van der Waals surface area contributed by atoms with Crippen molar-refractivity contribution in [3.63, 3.8) is 0 Å². The molecule has 2 amide bonds. The first-order valence-electron chi connectivity index (χ1n) is 11.6. The van der Waals surface area contributed by atoms with Gasteiger partial charge in [0.05, 0.1) is 24.0 Å². The Balaban J connectivity index is 1.36. The number of aromatic nitrogens is 3. The predicted molar refractivity (Wildman–Crippen MR) is 129 cm³/mol. The van der Waals surface area contributed by atoms with Crippen molar-refractivity contribution in [3.05, 3.63) is 53.3 Å². The number of carbonyl (C=O) groups is 2.